The molecule has 0 radical (unpaired) electrons. The molecule has 1 aromatic rings. The zero-order valence-electron chi connectivity index (χ0n) is 12.4. The van der Waals surface area contributed by atoms with Crippen molar-refractivity contribution in [2.45, 2.75) is 26.5 Å². The lowest BCUT2D eigenvalue weighted by molar-refractivity contribution is -0.292. The van der Waals surface area contributed by atoms with Gasteiger partial charge in [-0.25, -0.2) is 15.0 Å². The minimum absolute atomic E-state index is 0.0543. The van der Waals surface area contributed by atoms with E-state index in [-0.39, 0.29) is 5.84 Å². The highest BCUT2D eigenvalue weighted by molar-refractivity contribution is 6.26. The van der Waals surface area contributed by atoms with Crippen LogP contribution < -0.4 is 15.5 Å². The predicted octanol–water partition coefficient (Wildman–Crippen LogP) is 1.20. The largest absolute Gasteiger partial charge is 0.327 e. The molecule has 0 aromatic heterocycles. The van der Waals surface area contributed by atoms with E-state index in [4.69, 9.17) is 0 Å². The Balaban J connectivity index is 2.28. The molecule has 0 saturated carbocycles. The predicted molar refractivity (Wildman–Crippen MR) is 79.2 cm³/mol. The number of amidine groups is 1. The van der Waals surface area contributed by atoms with Crippen molar-refractivity contribution in [2.24, 2.45) is 4.99 Å². The van der Waals surface area contributed by atoms with Crippen LogP contribution in [0.3, 0.4) is 0 Å². The van der Waals surface area contributed by atoms with Gasteiger partial charge in [-0.05, 0) is 44.0 Å². The monoisotopic (exact) mass is 304 g/mol. The SMILES string of the molecule is CCN1c2cc(C)c(C)cc2N=C2NC(=O)NC(=O)C21OO. The summed E-state index contributed by atoms with van der Waals surface area (Å²) in [6, 6.07) is 3.03. The molecule has 8 nitrogen and oxygen atoms in total. The molecule has 2 heterocycles. The van der Waals surface area contributed by atoms with Crippen LogP contribution in [0.25, 0.3) is 0 Å². The van der Waals surface area contributed by atoms with E-state index in [1.54, 1.807) is 4.90 Å². The number of urea groups is 1. The molecule has 0 aliphatic carbocycles. The van der Waals surface area contributed by atoms with E-state index in [0.29, 0.717) is 17.9 Å². The van der Waals surface area contributed by atoms with Crippen LogP contribution in [0.15, 0.2) is 17.1 Å². The van der Waals surface area contributed by atoms with Gasteiger partial charge in [0.25, 0.3) is 5.91 Å². The van der Waals surface area contributed by atoms with Crippen LogP contribution in [0.1, 0.15) is 18.1 Å². The summed E-state index contributed by atoms with van der Waals surface area (Å²) in [4.78, 5) is 34.3. The number of aliphatic imine (C=N–C) groups is 1. The number of hydrogen-bond acceptors (Lipinski definition) is 6. The second-order valence-electron chi connectivity index (χ2n) is 5.27. The summed E-state index contributed by atoms with van der Waals surface area (Å²) in [6.07, 6.45) is 0. The minimum atomic E-state index is -1.89. The Hall–Kier alpha value is -2.45. The summed E-state index contributed by atoms with van der Waals surface area (Å²) in [5, 5.41) is 14.0. The summed E-state index contributed by atoms with van der Waals surface area (Å²) in [5.41, 5.74) is 1.40. The van der Waals surface area contributed by atoms with Crippen LogP contribution in [-0.4, -0.2) is 35.3 Å². The van der Waals surface area contributed by atoms with Crippen LogP contribution >= 0.6 is 0 Å². The molecule has 1 aromatic carbocycles. The first kappa shape index (κ1) is 14.5. The molecule has 3 rings (SSSR count). The molecule has 0 spiro atoms. The maximum absolute atomic E-state index is 12.3. The number of carbonyl (C=O) groups excluding carboxylic acids is 2. The first-order valence-electron chi connectivity index (χ1n) is 6.87. The van der Waals surface area contributed by atoms with Crippen molar-refractivity contribution in [1.29, 1.82) is 0 Å². The van der Waals surface area contributed by atoms with Gasteiger partial charge in [0.1, 0.15) is 0 Å². The highest BCUT2D eigenvalue weighted by Crippen LogP contribution is 2.41. The summed E-state index contributed by atoms with van der Waals surface area (Å²) in [6.45, 7) is 6.06. The van der Waals surface area contributed by atoms with E-state index in [0.717, 1.165) is 11.1 Å². The van der Waals surface area contributed by atoms with Gasteiger partial charge >= 0.3 is 11.8 Å². The minimum Gasteiger partial charge on any atom is -0.325 e. The Morgan fingerprint density at radius 3 is 2.59 bits per heavy atom. The van der Waals surface area contributed by atoms with Crippen molar-refractivity contribution in [3.63, 3.8) is 0 Å². The first-order valence-corrected chi connectivity index (χ1v) is 6.87. The lowest BCUT2D eigenvalue weighted by atomic mass is 9.99. The Morgan fingerprint density at radius 1 is 1.27 bits per heavy atom. The van der Waals surface area contributed by atoms with E-state index >= 15 is 0 Å². The fourth-order valence-electron chi connectivity index (χ4n) is 2.78. The third-order valence-corrected chi connectivity index (χ3v) is 4.03. The molecule has 3 N–H and O–H groups in total. The number of aryl methyl sites for hydroxylation is 2. The van der Waals surface area contributed by atoms with Crippen molar-refractivity contribution < 1.29 is 19.7 Å². The summed E-state index contributed by atoms with van der Waals surface area (Å²) in [7, 11) is 0. The standard InChI is InChI=1S/C14H16N4O4/c1-4-18-10-6-8(3)7(2)5-9(10)15-11-14(18,22-21)12(19)17-13(20)16-11/h5-6,21H,4H2,1-3H3,(H2,15,16,17,19,20). The number of nitrogens with one attached hydrogen (secondary N) is 2. The number of likely N-dealkylation sites (N-methyl/N-ethyl adjacent to an activating group) is 1. The van der Waals surface area contributed by atoms with Gasteiger partial charge in [0.05, 0.1) is 11.4 Å². The van der Waals surface area contributed by atoms with E-state index < -0.39 is 17.7 Å². The van der Waals surface area contributed by atoms with Crippen LogP contribution in [0.2, 0.25) is 0 Å². The second-order valence-corrected chi connectivity index (χ2v) is 5.27. The summed E-state index contributed by atoms with van der Waals surface area (Å²) in [5.74, 6) is -0.843. The van der Waals surface area contributed by atoms with Crippen molar-refractivity contribution in [1.82, 2.24) is 10.6 Å². The van der Waals surface area contributed by atoms with Crippen LogP contribution in [0.4, 0.5) is 16.2 Å². The highest BCUT2D eigenvalue weighted by atomic mass is 17.1. The topological polar surface area (TPSA) is 103 Å². The van der Waals surface area contributed by atoms with E-state index in [9.17, 15) is 14.8 Å². The van der Waals surface area contributed by atoms with Gasteiger partial charge in [0.2, 0.25) is 0 Å². The second kappa shape index (κ2) is 4.79. The van der Waals surface area contributed by atoms with Crippen LogP contribution in [0, 0.1) is 13.8 Å². The van der Waals surface area contributed by atoms with Crippen LogP contribution in [0.5, 0.6) is 0 Å². The number of benzene rings is 1. The van der Waals surface area contributed by atoms with Crippen molar-refractivity contribution in [2.75, 3.05) is 11.4 Å². The molecule has 1 atom stereocenters. The number of hydrogen-bond donors (Lipinski definition) is 3. The van der Waals surface area contributed by atoms with Gasteiger partial charge < -0.3 is 4.90 Å². The van der Waals surface area contributed by atoms with E-state index in [1.807, 2.05) is 32.9 Å². The molecule has 2 aliphatic rings. The Morgan fingerprint density at radius 2 is 1.95 bits per heavy atom. The number of amides is 3. The number of anilines is 1. The summed E-state index contributed by atoms with van der Waals surface area (Å²) < 4.78 is 0. The number of carbonyl (C=O) groups is 2. The summed E-state index contributed by atoms with van der Waals surface area (Å²) >= 11 is 0. The quantitative estimate of drug-likeness (QED) is 0.562. The Bertz CT molecular complexity index is 715. The molecule has 1 saturated heterocycles. The van der Waals surface area contributed by atoms with Gasteiger partial charge in [-0.2, -0.15) is 4.89 Å². The highest BCUT2D eigenvalue weighted by Gasteiger charge is 2.57. The molecule has 3 amide bonds. The first-order chi connectivity index (χ1) is 10.4. The third-order valence-electron chi connectivity index (χ3n) is 4.03. The van der Waals surface area contributed by atoms with Gasteiger partial charge in [-0.1, -0.05) is 0 Å². The number of nitrogens with zero attached hydrogens (tertiary/aromatic N) is 2. The number of imide groups is 1. The number of fused-ring (bicyclic) bond motifs is 2. The Labute approximate surface area is 126 Å². The zero-order valence-corrected chi connectivity index (χ0v) is 12.4. The zero-order chi connectivity index (χ0) is 16.1. The van der Waals surface area contributed by atoms with Crippen molar-refractivity contribution in [3.05, 3.63) is 23.3 Å². The van der Waals surface area contributed by atoms with E-state index in [1.165, 1.54) is 0 Å². The fraction of sp³-hybridized carbons (Fsp3) is 0.357. The lowest BCUT2D eigenvalue weighted by Crippen LogP contribution is -2.75. The maximum Gasteiger partial charge on any atom is 0.327 e. The Kier molecular flexibility index (Phi) is 3.15. The smallest absolute Gasteiger partial charge is 0.325 e. The molecule has 1 unspecified atom stereocenters. The molecule has 1 fully saturated rings. The van der Waals surface area contributed by atoms with Crippen LogP contribution in [-0.2, 0) is 9.68 Å². The van der Waals surface area contributed by atoms with Gasteiger partial charge in [-0.3, -0.25) is 15.4 Å². The fourth-order valence-corrected chi connectivity index (χ4v) is 2.78. The maximum atomic E-state index is 12.3. The molecule has 8 heteroatoms. The normalized spacial score (nSPS) is 23.3. The van der Waals surface area contributed by atoms with Gasteiger partial charge in [0.15, 0.2) is 5.84 Å². The molecule has 22 heavy (non-hydrogen) atoms. The van der Waals surface area contributed by atoms with Crippen molar-refractivity contribution in [3.8, 4) is 0 Å². The van der Waals surface area contributed by atoms with Gasteiger partial charge in [-0.15, -0.1) is 0 Å². The van der Waals surface area contributed by atoms with Gasteiger partial charge in [0, 0.05) is 6.54 Å². The van der Waals surface area contributed by atoms with E-state index in [2.05, 4.69) is 20.5 Å². The number of rotatable bonds is 2. The average molecular weight is 304 g/mol. The molecule has 2 aliphatic heterocycles. The molecular weight excluding hydrogens is 288 g/mol. The third kappa shape index (κ3) is 1.74. The molecular formula is C14H16N4O4. The average Bonchev–Trinajstić information content (AvgIpc) is 2.46. The van der Waals surface area contributed by atoms with Crippen molar-refractivity contribution >= 4 is 29.1 Å². The molecule has 0 bridgehead atoms. The lowest BCUT2D eigenvalue weighted by Gasteiger charge is -2.45. The molecule has 116 valence electrons.